The third-order valence-corrected chi connectivity index (χ3v) is 4.21. The Morgan fingerprint density at radius 1 is 0.964 bits per heavy atom. The molecule has 0 atom stereocenters. The van der Waals surface area contributed by atoms with E-state index in [9.17, 15) is 21.6 Å². The van der Waals surface area contributed by atoms with Crippen LogP contribution in [-0.4, -0.2) is 36.0 Å². The van der Waals surface area contributed by atoms with Gasteiger partial charge in [0.15, 0.2) is 5.75 Å². The smallest absolute Gasteiger partial charge is 0.481 e. The van der Waals surface area contributed by atoms with Gasteiger partial charge in [-0.3, -0.25) is 9.97 Å². The average Bonchev–Trinajstić information content (AvgIpc) is 2.61. The van der Waals surface area contributed by atoms with Crippen LogP contribution in [0.4, 0.5) is 13.2 Å². The van der Waals surface area contributed by atoms with Gasteiger partial charge >= 0.3 is 15.6 Å². The number of aromatic nitrogens is 3. The maximum absolute atomic E-state index is 12.3. The van der Waals surface area contributed by atoms with Crippen LogP contribution in [0.5, 0.6) is 11.6 Å². The second-order valence-electron chi connectivity index (χ2n) is 5.43. The number of pyridine rings is 3. The molecule has 11 heteroatoms. The molecule has 0 bridgehead atoms. The van der Waals surface area contributed by atoms with E-state index in [1.54, 1.807) is 0 Å². The Morgan fingerprint density at radius 3 is 2.11 bits per heavy atom. The molecule has 3 aromatic rings. The SMILES string of the molecule is COc1ccc2nccc(OS(=O)(=O)C(F)(F)F)c2n1.Cc1cccc(C)n1. The predicted molar refractivity (Wildman–Crippen MR) is 95.4 cm³/mol. The van der Waals surface area contributed by atoms with Crippen molar-refractivity contribution in [1.29, 1.82) is 0 Å². The molecule has 0 N–H and O–H groups in total. The summed E-state index contributed by atoms with van der Waals surface area (Å²) >= 11 is 0. The maximum Gasteiger partial charge on any atom is 0.534 e. The minimum absolute atomic E-state index is 0.0831. The fraction of sp³-hybridized carbons (Fsp3) is 0.235. The summed E-state index contributed by atoms with van der Waals surface area (Å²) in [6.45, 7) is 3.99. The first-order valence-electron chi connectivity index (χ1n) is 7.74. The van der Waals surface area contributed by atoms with E-state index < -0.39 is 21.4 Å². The molecule has 0 amide bonds. The highest BCUT2D eigenvalue weighted by atomic mass is 32.2. The van der Waals surface area contributed by atoms with Gasteiger partial charge in [0.2, 0.25) is 5.88 Å². The lowest BCUT2D eigenvalue weighted by atomic mass is 10.3. The molecular formula is C17H16F3N3O4S. The van der Waals surface area contributed by atoms with Crippen LogP contribution < -0.4 is 8.92 Å². The van der Waals surface area contributed by atoms with Crippen molar-refractivity contribution in [1.82, 2.24) is 15.0 Å². The van der Waals surface area contributed by atoms with E-state index in [0.29, 0.717) is 0 Å². The van der Waals surface area contributed by atoms with Crippen LogP contribution in [0.3, 0.4) is 0 Å². The largest absolute Gasteiger partial charge is 0.534 e. The average molecular weight is 415 g/mol. The number of methoxy groups -OCH3 is 1. The Labute approximate surface area is 159 Å². The number of fused-ring (bicyclic) bond motifs is 1. The number of ether oxygens (including phenoxy) is 1. The molecule has 0 aromatic carbocycles. The van der Waals surface area contributed by atoms with E-state index in [-0.39, 0.29) is 16.9 Å². The number of aryl methyl sites for hydroxylation is 2. The van der Waals surface area contributed by atoms with Crippen LogP contribution in [0, 0.1) is 13.8 Å². The molecule has 0 fully saturated rings. The molecule has 0 spiro atoms. The monoisotopic (exact) mass is 415 g/mol. The van der Waals surface area contributed by atoms with Crippen molar-refractivity contribution in [2.24, 2.45) is 0 Å². The molecular weight excluding hydrogens is 399 g/mol. The van der Waals surface area contributed by atoms with Crippen molar-refractivity contribution < 1.29 is 30.5 Å². The van der Waals surface area contributed by atoms with Crippen molar-refractivity contribution in [3.05, 3.63) is 54.0 Å². The van der Waals surface area contributed by atoms with Gasteiger partial charge in [-0.1, -0.05) is 6.07 Å². The summed E-state index contributed by atoms with van der Waals surface area (Å²) in [4.78, 5) is 11.8. The summed E-state index contributed by atoms with van der Waals surface area (Å²) in [6.07, 6.45) is 1.11. The van der Waals surface area contributed by atoms with E-state index in [0.717, 1.165) is 23.7 Å². The normalized spacial score (nSPS) is 11.5. The van der Waals surface area contributed by atoms with Crippen LogP contribution in [-0.2, 0) is 10.1 Å². The Morgan fingerprint density at radius 2 is 1.61 bits per heavy atom. The van der Waals surface area contributed by atoms with Crippen LogP contribution in [0.25, 0.3) is 11.0 Å². The summed E-state index contributed by atoms with van der Waals surface area (Å²) < 4.78 is 67.7. The molecule has 0 aliphatic heterocycles. The van der Waals surface area contributed by atoms with Crippen molar-refractivity contribution >= 4 is 21.2 Å². The van der Waals surface area contributed by atoms with Crippen molar-refractivity contribution in [3.63, 3.8) is 0 Å². The highest BCUT2D eigenvalue weighted by molar-refractivity contribution is 7.88. The van der Waals surface area contributed by atoms with Gasteiger partial charge in [-0.2, -0.15) is 21.6 Å². The molecule has 3 rings (SSSR count). The Kier molecular flexibility index (Phi) is 6.39. The standard InChI is InChI=1S/C10H7F3N2O4S.C7H9N/c1-18-8-3-2-6-9(15-8)7(4-5-14-6)19-20(16,17)10(11,12)13;1-6-4-3-5-7(2)8-6/h2-5H,1H3;3-5H,1-2H3. The second-order valence-corrected chi connectivity index (χ2v) is 6.97. The Hall–Kier alpha value is -2.95. The van der Waals surface area contributed by atoms with Crippen LogP contribution >= 0.6 is 0 Å². The molecule has 3 heterocycles. The summed E-state index contributed by atoms with van der Waals surface area (Å²) in [5, 5.41) is 0. The van der Waals surface area contributed by atoms with E-state index in [2.05, 4.69) is 19.1 Å². The molecule has 0 saturated heterocycles. The molecule has 0 unspecified atom stereocenters. The van der Waals surface area contributed by atoms with Gasteiger partial charge in [0.25, 0.3) is 0 Å². The first-order chi connectivity index (χ1) is 13.0. The quantitative estimate of drug-likeness (QED) is 0.477. The van der Waals surface area contributed by atoms with Crippen molar-refractivity contribution in [2.75, 3.05) is 7.11 Å². The van der Waals surface area contributed by atoms with E-state index in [1.165, 1.54) is 19.2 Å². The maximum atomic E-state index is 12.3. The van der Waals surface area contributed by atoms with Gasteiger partial charge in [0.05, 0.1) is 12.6 Å². The topological polar surface area (TPSA) is 91.3 Å². The lowest BCUT2D eigenvalue weighted by molar-refractivity contribution is -0.0499. The third-order valence-electron chi connectivity index (χ3n) is 3.24. The van der Waals surface area contributed by atoms with E-state index >= 15 is 0 Å². The number of halogens is 3. The summed E-state index contributed by atoms with van der Waals surface area (Å²) in [6, 6.07) is 9.81. The summed E-state index contributed by atoms with van der Waals surface area (Å²) in [5.41, 5.74) is -3.34. The van der Waals surface area contributed by atoms with Gasteiger partial charge in [0, 0.05) is 29.7 Å². The van der Waals surface area contributed by atoms with Gasteiger partial charge in [-0.15, -0.1) is 0 Å². The molecule has 150 valence electrons. The first-order valence-corrected chi connectivity index (χ1v) is 9.15. The van der Waals surface area contributed by atoms with Gasteiger partial charge in [0.1, 0.15) is 5.52 Å². The molecule has 0 aliphatic carbocycles. The number of hydrogen-bond acceptors (Lipinski definition) is 7. The number of alkyl halides is 3. The Balaban J connectivity index is 0.000000292. The van der Waals surface area contributed by atoms with Gasteiger partial charge in [-0.05, 0) is 32.0 Å². The minimum Gasteiger partial charge on any atom is -0.481 e. The molecule has 28 heavy (non-hydrogen) atoms. The minimum atomic E-state index is -5.77. The molecule has 0 aliphatic rings. The highest BCUT2D eigenvalue weighted by Crippen LogP contribution is 2.30. The fourth-order valence-electron chi connectivity index (χ4n) is 2.01. The summed E-state index contributed by atoms with van der Waals surface area (Å²) in [5.74, 6) is -0.494. The molecule has 3 aromatic heterocycles. The van der Waals surface area contributed by atoms with E-state index in [1.807, 2.05) is 32.0 Å². The first kappa shape index (κ1) is 21.4. The van der Waals surface area contributed by atoms with Gasteiger partial charge in [-0.25, -0.2) is 4.98 Å². The zero-order valence-electron chi connectivity index (χ0n) is 15.1. The van der Waals surface area contributed by atoms with E-state index in [4.69, 9.17) is 4.74 Å². The number of nitrogens with zero attached hydrogens (tertiary/aromatic N) is 3. The number of rotatable bonds is 3. The fourth-order valence-corrected chi connectivity index (χ4v) is 2.47. The predicted octanol–water partition coefficient (Wildman–Crippen LogP) is 3.57. The van der Waals surface area contributed by atoms with Crippen molar-refractivity contribution in [2.45, 2.75) is 19.4 Å². The third kappa shape index (κ3) is 5.28. The highest BCUT2D eigenvalue weighted by Gasteiger charge is 2.48. The van der Waals surface area contributed by atoms with Crippen LogP contribution in [0.1, 0.15) is 11.4 Å². The van der Waals surface area contributed by atoms with Crippen LogP contribution in [0.15, 0.2) is 42.6 Å². The van der Waals surface area contributed by atoms with Gasteiger partial charge < -0.3 is 8.92 Å². The van der Waals surface area contributed by atoms with Crippen LogP contribution in [0.2, 0.25) is 0 Å². The molecule has 0 radical (unpaired) electrons. The zero-order valence-corrected chi connectivity index (χ0v) is 15.9. The number of hydrogen-bond donors (Lipinski definition) is 0. The summed E-state index contributed by atoms with van der Waals surface area (Å²) in [7, 11) is -4.47. The lowest BCUT2D eigenvalue weighted by Crippen LogP contribution is -2.28. The molecule has 7 nitrogen and oxygen atoms in total. The lowest BCUT2D eigenvalue weighted by Gasteiger charge is -2.10. The second kappa shape index (κ2) is 8.38. The van der Waals surface area contributed by atoms with Crippen molar-refractivity contribution in [3.8, 4) is 11.6 Å². The zero-order chi connectivity index (χ0) is 20.9. The molecule has 0 saturated carbocycles. The Bertz CT molecular complexity index is 1060.